The molecule has 0 saturated heterocycles. The Balaban J connectivity index is 1.56. The van der Waals surface area contributed by atoms with Crippen molar-refractivity contribution >= 4 is 51.9 Å². The Kier molecular flexibility index (Phi) is 4.02. The van der Waals surface area contributed by atoms with Gasteiger partial charge >= 0.3 is 0 Å². The van der Waals surface area contributed by atoms with E-state index in [1.165, 1.54) is 11.8 Å². The van der Waals surface area contributed by atoms with Gasteiger partial charge in [-0.2, -0.15) is 0 Å². The van der Waals surface area contributed by atoms with Crippen molar-refractivity contribution in [2.75, 3.05) is 0 Å². The van der Waals surface area contributed by atoms with Gasteiger partial charge in [-0.05, 0) is 17.5 Å². The van der Waals surface area contributed by atoms with Gasteiger partial charge in [0.05, 0.1) is 20.6 Å². The molecule has 5 nitrogen and oxygen atoms in total. The smallest absolute Gasteiger partial charge is 0.196 e. The molecule has 4 aromatic rings. The third-order valence-corrected chi connectivity index (χ3v) is 5.41. The zero-order valence-corrected chi connectivity index (χ0v) is 14.6. The molecule has 9 heteroatoms. The number of halogens is 2. The molecule has 4 rings (SSSR count). The quantitative estimate of drug-likeness (QED) is 0.462. The number of pyridine rings is 1. The van der Waals surface area contributed by atoms with Gasteiger partial charge in [-0.25, -0.2) is 0 Å². The van der Waals surface area contributed by atoms with E-state index in [0.29, 0.717) is 26.6 Å². The second-order valence-electron chi connectivity index (χ2n) is 4.63. The first-order valence-corrected chi connectivity index (χ1v) is 9.15. The van der Waals surface area contributed by atoms with Crippen molar-refractivity contribution in [1.29, 1.82) is 0 Å². The van der Waals surface area contributed by atoms with Gasteiger partial charge in [-0.15, -0.1) is 21.5 Å². The molecule has 0 aliphatic carbocycles. The van der Waals surface area contributed by atoms with E-state index in [0.717, 1.165) is 16.3 Å². The van der Waals surface area contributed by atoms with Crippen LogP contribution in [-0.2, 0) is 5.75 Å². The summed E-state index contributed by atoms with van der Waals surface area (Å²) in [4.78, 5) is 1.06. The van der Waals surface area contributed by atoms with Gasteiger partial charge in [0.25, 0.3) is 0 Å². The second kappa shape index (κ2) is 6.16. The zero-order valence-electron chi connectivity index (χ0n) is 11.4. The first-order valence-electron chi connectivity index (χ1n) is 6.53. The maximum atomic E-state index is 6.11. The van der Waals surface area contributed by atoms with Crippen LogP contribution in [-0.4, -0.2) is 19.8 Å². The van der Waals surface area contributed by atoms with Crippen molar-refractivity contribution in [3.05, 3.63) is 51.6 Å². The Hall–Kier alpha value is -1.54. The third-order valence-electron chi connectivity index (χ3n) is 3.07. The summed E-state index contributed by atoms with van der Waals surface area (Å²) in [7, 11) is 0. The predicted octanol–water partition coefficient (Wildman–Crippen LogP) is 5.04. The van der Waals surface area contributed by atoms with Crippen molar-refractivity contribution in [1.82, 2.24) is 19.8 Å². The number of thioether (sulfide) groups is 1. The van der Waals surface area contributed by atoms with E-state index in [-0.39, 0.29) is 0 Å². The summed E-state index contributed by atoms with van der Waals surface area (Å²) in [6.45, 7) is 0. The summed E-state index contributed by atoms with van der Waals surface area (Å²) in [6.07, 6.45) is 1.74. The van der Waals surface area contributed by atoms with Crippen molar-refractivity contribution < 1.29 is 4.52 Å². The molecule has 23 heavy (non-hydrogen) atoms. The Labute approximate surface area is 149 Å². The van der Waals surface area contributed by atoms with Crippen LogP contribution in [0.1, 0.15) is 5.69 Å². The normalized spacial score (nSPS) is 11.4. The number of hydrogen-bond acceptors (Lipinski definition) is 6. The molecule has 0 bridgehead atoms. The summed E-state index contributed by atoms with van der Waals surface area (Å²) < 4.78 is 7.14. The largest absolute Gasteiger partial charge is 0.355 e. The zero-order chi connectivity index (χ0) is 15.8. The van der Waals surface area contributed by atoms with Crippen LogP contribution in [0.5, 0.6) is 0 Å². The number of fused-ring (bicyclic) bond motifs is 1. The van der Waals surface area contributed by atoms with Crippen LogP contribution < -0.4 is 0 Å². The first kappa shape index (κ1) is 15.0. The number of thiophene rings is 1. The SMILES string of the molecule is Clc1cc(Cl)c2nnc(SCc3cc(-c4cccs4)on3)n2c1. The van der Waals surface area contributed by atoms with Crippen molar-refractivity contribution in [3.8, 4) is 10.6 Å². The molecule has 0 spiro atoms. The Morgan fingerprint density at radius 3 is 3.00 bits per heavy atom. The standard InChI is InChI=1S/C14H8Cl2N4OS2/c15-8-4-10(16)13-17-18-14(20(13)6-8)23-7-9-5-11(21-19-9)12-2-1-3-22-12/h1-6H,7H2. The summed E-state index contributed by atoms with van der Waals surface area (Å²) in [5.74, 6) is 1.38. The van der Waals surface area contributed by atoms with Crippen molar-refractivity contribution in [3.63, 3.8) is 0 Å². The van der Waals surface area contributed by atoms with Crippen LogP contribution in [0.15, 0.2) is 45.5 Å². The molecule has 0 atom stereocenters. The lowest BCUT2D eigenvalue weighted by Crippen LogP contribution is -1.89. The number of aromatic nitrogens is 4. The monoisotopic (exact) mass is 382 g/mol. The highest BCUT2D eigenvalue weighted by atomic mass is 35.5. The molecule has 0 N–H and O–H groups in total. The molecule has 0 aliphatic rings. The molecule has 4 aromatic heterocycles. The van der Waals surface area contributed by atoms with E-state index in [4.69, 9.17) is 27.7 Å². The summed E-state index contributed by atoms with van der Waals surface area (Å²) in [5.41, 5.74) is 1.42. The molecule has 0 radical (unpaired) electrons. The molecule has 0 amide bonds. The highest BCUT2D eigenvalue weighted by Crippen LogP contribution is 2.29. The van der Waals surface area contributed by atoms with E-state index < -0.39 is 0 Å². The van der Waals surface area contributed by atoms with Crippen LogP contribution in [0.4, 0.5) is 0 Å². The molecule has 0 fully saturated rings. The van der Waals surface area contributed by atoms with E-state index in [1.54, 1.807) is 28.0 Å². The highest BCUT2D eigenvalue weighted by Gasteiger charge is 2.13. The van der Waals surface area contributed by atoms with Gasteiger partial charge in [0.2, 0.25) is 0 Å². The van der Waals surface area contributed by atoms with Crippen LogP contribution in [0, 0.1) is 0 Å². The van der Waals surface area contributed by atoms with Crippen molar-refractivity contribution in [2.45, 2.75) is 10.9 Å². The molecule has 116 valence electrons. The van der Waals surface area contributed by atoms with Gasteiger partial charge in [0.1, 0.15) is 0 Å². The molecule has 0 unspecified atom stereocenters. The average molecular weight is 383 g/mol. The number of hydrogen-bond donors (Lipinski definition) is 0. The van der Waals surface area contributed by atoms with Gasteiger partial charge < -0.3 is 4.52 Å². The third kappa shape index (κ3) is 2.97. The first-order chi connectivity index (χ1) is 11.2. The van der Waals surface area contributed by atoms with Gasteiger partial charge in [0.15, 0.2) is 16.6 Å². The van der Waals surface area contributed by atoms with Gasteiger partial charge in [-0.1, -0.05) is 46.2 Å². The van der Waals surface area contributed by atoms with E-state index in [1.807, 2.05) is 23.6 Å². The molecule has 4 heterocycles. The topological polar surface area (TPSA) is 56.2 Å². The van der Waals surface area contributed by atoms with Gasteiger partial charge in [-0.3, -0.25) is 4.40 Å². The molecular weight excluding hydrogens is 375 g/mol. The second-order valence-corrected chi connectivity index (χ2v) is 7.36. The molecular formula is C14H8Cl2N4OS2. The Morgan fingerprint density at radius 1 is 1.26 bits per heavy atom. The van der Waals surface area contributed by atoms with Crippen LogP contribution >= 0.6 is 46.3 Å². The number of nitrogens with zero attached hydrogens (tertiary/aromatic N) is 4. The van der Waals surface area contributed by atoms with Crippen molar-refractivity contribution in [2.24, 2.45) is 0 Å². The molecule has 0 saturated carbocycles. The summed E-state index contributed by atoms with van der Waals surface area (Å²) in [6, 6.07) is 7.55. The minimum Gasteiger partial charge on any atom is -0.355 e. The Morgan fingerprint density at radius 2 is 2.17 bits per heavy atom. The van der Waals surface area contributed by atoms with E-state index in [2.05, 4.69) is 15.4 Å². The van der Waals surface area contributed by atoms with Crippen LogP contribution in [0.3, 0.4) is 0 Å². The van der Waals surface area contributed by atoms with Crippen LogP contribution in [0.25, 0.3) is 16.3 Å². The highest BCUT2D eigenvalue weighted by molar-refractivity contribution is 7.98. The maximum Gasteiger partial charge on any atom is 0.196 e. The lowest BCUT2D eigenvalue weighted by molar-refractivity contribution is 0.427. The maximum absolute atomic E-state index is 6.11. The minimum atomic E-state index is 0.471. The summed E-state index contributed by atoms with van der Waals surface area (Å²) >= 11 is 15.2. The van der Waals surface area contributed by atoms with E-state index >= 15 is 0 Å². The van der Waals surface area contributed by atoms with Crippen LogP contribution in [0.2, 0.25) is 10.0 Å². The van der Waals surface area contributed by atoms with Gasteiger partial charge in [0, 0.05) is 18.0 Å². The minimum absolute atomic E-state index is 0.471. The molecule has 0 aliphatic heterocycles. The lowest BCUT2D eigenvalue weighted by Gasteiger charge is -2.00. The lowest BCUT2D eigenvalue weighted by atomic mass is 10.3. The predicted molar refractivity (Wildman–Crippen MR) is 92.4 cm³/mol. The van der Waals surface area contributed by atoms with E-state index in [9.17, 15) is 0 Å². The fraction of sp³-hybridized carbons (Fsp3) is 0.0714. The fourth-order valence-electron chi connectivity index (χ4n) is 2.05. The summed E-state index contributed by atoms with van der Waals surface area (Å²) in [5, 5.41) is 16.0. The Bertz CT molecular complexity index is 965. The number of rotatable bonds is 4. The average Bonchev–Trinajstić information content (AvgIpc) is 3.25. The fourth-order valence-corrected chi connectivity index (χ4v) is 4.03. The molecule has 0 aromatic carbocycles.